The quantitative estimate of drug-likeness (QED) is 0.837. The van der Waals surface area contributed by atoms with E-state index in [9.17, 15) is 0 Å². The first-order chi connectivity index (χ1) is 9.35. The van der Waals surface area contributed by atoms with Gasteiger partial charge in [0.1, 0.15) is 11.6 Å². The Morgan fingerprint density at radius 1 is 1.21 bits per heavy atom. The summed E-state index contributed by atoms with van der Waals surface area (Å²) in [6, 6.07) is 7.02. The Kier molecular flexibility index (Phi) is 5.49. The third-order valence-corrected chi connectivity index (χ3v) is 3.94. The molecule has 1 N–H and O–H groups in total. The number of aromatic nitrogens is 1. The van der Waals surface area contributed by atoms with Crippen LogP contribution >= 0.6 is 0 Å². The molecule has 0 saturated heterocycles. The van der Waals surface area contributed by atoms with E-state index in [4.69, 9.17) is 4.98 Å². The monoisotopic (exact) mass is 261 g/mol. The van der Waals surface area contributed by atoms with Crippen molar-refractivity contribution in [2.75, 3.05) is 23.3 Å². The molecule has 0 amide bonds. The fourth-order valence-electron chi connectivity index (χ4n) is 2.93. The van der Waals surface area contributed by atoms with Gasteiger partial charge in [-0.3, -0.25) is 0 Å². The zero-order valence-corrected chi connectivity index (χ0v) is 12.4. The van der Waals surface area contributed by atoms with Crippen molar-refractivity contribution in [1.82, 2.24) is 4.98 Å². The van der Waals surface area contributed by atoms with Crippen LogP contribution in [-0.4, -0.2) is 24.1 Å². The number of hydrogen-bond donors (Lipinski definition) is 1. The van der Waals surface area contributed by atoms with Crippen molar-refractivity contribution in [3.63, 3.8) is 0 Å². The summed E-state index contributed by atoms with van der Waals surface area (Å²) in [7, 11) is 0. The molecule has 19 heavy (non-hydrogen) atoms. The molecule has 2 rings (SSSR count). The molecule has 0 aliphatic heterocycles. The predicted molar refractivity (Wildman–Crippen MR) is 82.9 cm³/mol. The summed E-state index contributed by atoms with van der Waals surface area (Å²) in [4.78, 5) is 7.25. The standard InChI is InChI=1S/C16H27N3/c1-3-13-17-15-11-8-12-16(18-15)19(4-2)14-9-6-5-7-10-14/h8,11-12,14H,3-7,9-10,13H2,1-2H3,(H,17,18). The lowest BCUT2D eigenvalue weighted by molar-refractivity contribution is 0.416. The zero-order chi connectivity index (χ0) is 13.5. The Hall–Kier alpha value is -1.25. The van der Waals surface area contributed by atoms with E-state index >= 15 is 0 Å². The summed E-state index contributed by atoms with van der Waals surface area (Å²) in [5.41, 5.74) is 0. The summed E-state index contributed by atoms with van der Waals surface area (Å²) in [5, 5.41) is 3.38. The highest BCUT2D eigenvalue weighted by Crippen LogP contribution is 2.26. The number of nitrogens with zero attached hydrogens (tertiary/aromatic N) is 2. The van der Waals surface area contributed by atoms with Crippen molar-refractivity contribution < 1.29 is 0 Å². The van der Waals surface area contributed by atoms with Gasteiger partial charge in [0.05, 0.1) is 0 Å². The van der Waals surface area contributed by atoms with Gasteiger partial charge in [-0.25, -0.2) is 4.98 Å². The number of pyridine rings is 1. The third kappa shape index (κ3) is 3.85. The van der Waals surface area contributed by atoms with Crippen LogP contribution in [0.4, 0.5) is 11.6 Å². The third-order valence-electron chi connectivity index (χ3n) is 3.94. The van der Waals surface area contributed by atoms with Crippen LogP contribution in [0.15, 0.2) is 18.2 Å². The molecule has 1 aromatic rings. The summed E-state index contributed by atoms with van der Waals surface area (Å²) in [5.74, 6) is 2.14. The fraction of sp³-hybridized carbons (Fsp3) is 0.688. The first kappa shape index (κ1) is 14.2. The van der Waals surface area contributed by atoms with Gasteiger partial charge < -0.3 is 10.2 Å². The number of nitrogens with one attached hydrogen (secondary N) is 1. The largest absolute Gasteiger partial charge is 0.370 e. The van der Waals surface area contributed by atoms with Gasteiger partial charge in [0.25, 0.3) is 0 Å². The molecule has 0 atom stereocenters. The van der Waals surface area contributed by atoms with E-state index in [0.29, 0.717) is 6.04 Å². The van der Waals surface area contributed by atoms with Crippen molar-refractivity contribution in [1.29, 1.82) is 0 Å². The van der Waals surface area contributed by atoms with Crippen LogP contribution in [0.2, 0.25) is 0 Å². The van der Waals surface area contributed by atoms with E-state index < -0.39 is 0 Å². The van der Waals surface area contributed by atoms with E-state index in [0.717, 1.165) is 31.1 Å². The highest BCUT2D eigenvalue weighted by atomic mass is 15.2. The summed E-state index contributed by atoms with van der Waals surface area (Å²) >= 11 is 0. The SMILES string of the molecule is CCCNc1cccc(N(CC)C2CCCCC2)n1. The van der Waals surface area contributed by atoms with Gasteiger partial charge in [0.2, 0.25) is 0 Å². The molecule has 0 unspecified atom stereocenters. The van der Waals surface area contributed by atoms with E-state index in [2.05, 4.69) is 42.3 Å². The van der Waals surface area contributed by atoms with Crippen molar-refractivity contribution in [3.05, 3.63) is 18.2 Å². The summed E-state index contributed by atoms with van der Waals surface area (Å²) in [6.07, 6.45) is 7.92. The van der Waals surface area contributed by atoms with Gasteiger partial charge in [-0.05, 0) is 38.3 Å². The minimum absolute atomic E-state index is 0.688. The lowest BCUT2D eigenvalue weighted by atomic mass is 9.94. The van der Waals surface area contributed by atoms with E-state index in [1.54, 1.807) is 0 Å². The maximum Gasteiger partial charge on any atom is 0.131 e. The van der Waals surface area contributed by atoms with Crippen molar-refractivity contribution in [2.24, 2.45) is 0 Å². The summed E-state index contributed by atoms with van der Waals surface area (Å²) in [6.45, 7) is 6.46. The van der Waals surface area contributed by atoms with Crippen LogP contribution in [0.3, 0.4) is 0 Å². The second kappa shape index (κ2) is 7.37. The molecule has 1 fully saturated rings. The minimum Gasteiger partial charge on any atom is -0.370 e. The first-order valence-electron chi connectivity index (χ1n) is 7.82. The minimum atomic E-state index is 0.688. The molecule has 0 spiro atoms. The fourth-order valence-corrected chi connectivity index (χ4v) is 2.93. The zero-order valence-electron chi connectivity index (χ0n) is 12.4. The van der Waals surface area contributed by atoms with Crippen LogP contribution in [0, 0.1) is 0 Å². The number of hydrogen-bond acceptors (Lipinski definition) is 3. The second-order valence-corrected chi connectivity index (χ2v) is 5.39. The highest BCUT2D eigenvalue weighted by molar-refractivity contribution is 5.47. The van der Waals surface area contributed by atoms with E-state index in [-0.39, 0.29) is 0 Å². The number of rotatable bonds is 6. The van der Waals surface area contributed by atoms with Gasteiger partial charge in [0, 0.05) is 19.1 Å². The smallest absolute Gasteiger partial charge is 0.131 e. The van der Waals surface area contributed by atoms with Gasteiger partial charge in [-0.2, -0.15) is 0 Å². The van der Waals surface area contributed by atoms with Crippen molar-refractivity contribution >= 4 is 11.6 Å². The average molecular weight is 261 g/mol. The normalized spacial score (nSPS) is 16.3. The highest BCUT2D eigenvalue weighted by Gasteiger charge is 2.21. The van der Waals surface area contributed by atoms with Gasteiger partial charge in [-0.1, -0.05) is 32.3 Å². The molecule has 0 aromatic carbocycles. The van der Waals surface area contributed by atoms with Crippen LogP contribution in [0.25, 0.3) is 0 Å². The molecule has 106 valence electrons. The first-order valence-corrected chi connectivity index (χ1v) is 7.82. The predicted octanol–water partition coefficient (Wildman–Crippen LogP) is 4.06. The molecule has 0 bridgehead atoms. The van der Waals surface area contributed by atoms with Gasteiger partial charge in [-0.15, -0.1) is 0 Å². The molecule has 3 nitrogen and oxygen atoms in total. The molecule has 1 saturated carbocycles. The van der Waals surface area contributed by atoms with E-state index in [1.807, 2.05) is 0 Å². The van der Waals surface area contributed by atoms with Crippen molar-refractivity contribution in [2.45, 2.75) is 58.4 Å². The van der Waals surface area contributed by atoms with Crippen LogP contribution in [0.5, 0.6) is 0 Å². The maximum atomic E-state index is 4.77. The van der Waals surface area contributed by atoms with Gasteiger partial charge >= 0.3 is 0 Å². The topological polar surface area (TPSA) is 28.2 Å². The lowest BCUT2D eigenvalue weighted by Gasteiger charge is -2.34. The lowest BCUT2D eigenvalue weighted by Crippen LogP contribution is -2.37. The number of anilines is 2. The molecule has 1 aromatic heterocycles. The molecule has 1 aliphatic carbocycles. The van der Waals surface area contributed by atoms with Crippen LogP contribution in [0.1, 0.15) is 52.4 Å². The Balaban J connectivity index is 2.08. The Morgan fingerprint density at radius 2 is 2.00 bits per heavy atom. The Labute approximate surface area is 117 Å². The Bertz CT molecular complexity index is 372. The molecular formula is C16H27N3. The van der Waals surface area contributed by atoms with E-state index in [1.165, 1.54) is 32.1 Å². The second-order valence-electron chi connectivity index (χ2n) is 5.39. The molecule has 1 heterocycles. The molecule has 3 heteroatoms. The van der Waals surface area contributed by atoms with Crippen LogP contribution in [-0.2, 0) is 0 Å². The molecule has 1 aliphatic rings. The summed E-state index contributed by atoms with van der Waals surface area (Å²) < 4.78 is 0. The van der Waals surface area contributed by atoms with Gasteiger partial charge in [0.15, 0.2) is 0 Å². The maximum absolute atomic E-state index is 4.77. The average Bonchev–Trinajstić information content (AvgIpc) is 2.47. The van der Waals surface area contributed by atoms with Crippen molar-refractivity contribution in [3.8, 4) is 0 Å². The molecule has 0 radical (unpaired) electrons. The Morgan fingerprint density at radius 3 is 2.68 bits per heavy atom. The van der Waals surface area contributed by atoms with Crippen LogP contribution < -0.4 is 10.2 Å². The molecular weight excluding hydrogens is 234 g/mol.